The zero-order valence-electron chi connectivity index (χ0n) is 9.74. The highest BCUT2D eigenvalue weighted by Gasteiger charge is 2.46. The summed E-state index contributed by atoms with van der Waals surface area (Å²) in [5.41, 5.74) is 0.283. The van der Waals surface area contributed by atoms with Crippen molar-refractivity contribution in [3.63, 3.8) is 0 Å². The summed E-state index contributed by atoms with van der Waals surface area (Å²) in [6.07, 6.45) is 0.681. The number of carboxylic acids is 1. The van der Waals surface area contributed by atoms with Crippen molar-refractivity contribution in [1.82, 2.24) is 5.32 Å². The van der Waals surface area contributed by atoms with E-state index >= 15 is 0 Å². The van der Waals surface area contributed by atoms with E-state index in [2.05, 4.69) is 5.32 Å². The zero-order valence-corrected chi connectivity index (χ0v) is 9.74. The molecular formula is C13H16FNO2. The molecule has 2 atom stereocenters. The molecule has 0 radical (unpaired) electrons. The molecule has 1 aliphatic rings. The number of aliphatic carboxylic acids is 1. The van der Waals surface area contributed by atoms with Crippen LogP contribution in [0.25, 0.3) is 0 Å². The fourth-order valence-electron chi connectivity index (χ4n) is 2.76. The van der Waals surface area contributed by atoms with Crippen LogP contribution in [0.1, 0.15) is 18.9 Å². The lowest BCUT2D eigenvalue weighted by Crippen LogP contribution is -2.38. The second kappa shape index (κ2) is 4.45. The third-order valence-electron chi connectivity index (χ3n) is 3.78. The predicted octanol–water partition coefficient (Wildman–Crippen LogP) is 1.78. The van der Waals surface area contributed by atoms with E-state index in [1.54, 1.807) is 6.07 Å². The molecular weight excluding hydrogens is 221 g/mol. The minimum Gasteiger partial charge on any atom is -0.481 e. The molecule has 0 bridgehead atoms. The summed E-state index contributed by atoms with van der Waals surface area (Å²) in [4.78, 5) is 11.3. The van der Waals surface area contributed by atoms with E-state index in [9.17, 15) is 14.3 Å². The van der Waals surface area contributed by atoms with E-state index < -0.39 is 17.3 Å². The highest BCUT2D eigenvalue weighted by atomic mass is 19.1. The number of carbonyl (C=O) groups is 1. The molecule has 3 nitrogen and oxygen atoms in total. The Morgan fingerprint density at radius 2 is 2.41 bits per heavy atom. The first-order chi connectivity index (χ1) is 8.10. The molecule has 0 aliphatic carbocycles. The smallest absolute Gasteiger partial charge is 0.308 e. The highest BCUT2D eigenvalue weighted by molar-refractivity contribution is 5.73. The number of nitrogens with one attached hydrogen (secondary N) is 1. The zero-order chi connectivity index (χ0) is 12.5. The molecule has 1 aromatic rings. The van der Waals surface area contributed by atoms with E-state index in [1.807, 2.05) is 13.0 Å². The lowest BCUT2D eigenvalue weighted by molar-refractivity contribution is -0.143. The van der Waals surface area contributed by atoms with Crippen molar-refractivity contribution >= 4 is 5.97 Å². The molecule has 0 spiro atoms. The molecule has 1 heterocycles. The first-order valence-electron chi connectivity index (χ1n) is 5.79. The lowest BCUT2D eigenvalue weighted by Gasteiger charge is -2.32. The largest absolute Gasteiger partial charge is 0.481 e. The van der Waals surface area contributed by atoms with Gasteiger partial charge in [-0.15, -0.1) is 0 Å². The van der Waals surface area contributed by atoms with Crippen LogP contribution in [0.2, 0.25) is 0 Å². The Bertz CT molecular complexity index is 435. The van der Waals surface area contributed by atoms with Crippen molar-refractivity contribution < 1.29 is 14.3 Å². The standard InChI is InChI=1S/C13H16FNO2/c1-2-13(8-15-7-11(13)12(16)17)9-4-3-5-10(14)6-9/h3-6,11,15H,2,7-8H2,1H3,(H,16,17). The number of hydrogen-bond acceptors (Lipinski definition) is 2. The summed E-state index contributed by atoms with van der Waals surface area (Å²) >= 11 is 0. The highest BCUT2D eigenvalue weighted by Crippen LogP contribution is 2.39. The summed E-state index contributed by atoms with van der Waals surface area (Å²) in [5.74, 6) is -1.62. The maximum Gasteiger partial charge on any atom is 0.308 e. The van der Waals surface area contributed by atoms with Gasteiger partial charge in [-0.2, -0.15) is 0 Å². The molecule has 1 aliphatic heterocycles. The fraction of sp³-hybridized carbons (Fsp3) is 0.462. The van der Waals surface area contributed by atoms with Crippen LogP contribution in [0.4, 0.5) is 4.39 Å². The molecule has 0 saturated carbocycles. The first kappa shape index (κ1) is 12.0. The number of halogens is 1. The normalized spacial score (nSPS) is 28.2. The first-order valence-corrected chi connectivity index (χ1v) is 5.79. The van der Waals surface area contributed by atoms with Crippen molar-refractivity contribution in [2.45, 2.75) is 18.8 Å². The van der Waals surface area contributed by atoms with Gasteiger partial charge in [0.05, 0.1) is 5.92 Å². The van der Waals surface area contributed by atoms with Crippen molar-refractivity contribution in [2.24, 2.45) is 5.92 Å². The molecule has 1 saturated heterocycles. The molecule has 0 amide bonds. The average Bonchev–Trinajstić information content (AvgIpc) is 2.74. The van der Waals surface area contributed by atoms with Crippen molar-refractivity contribution in [2.75, 3.05) is 13.1 Å². The van der Waals surface area contributed by atoms with E-state index in [0.29, 0.717) is 19.5 Å². The molecule has 4 heteroatoms. The van der Waals surface area contributed by atoms with Gasteiger partial charge >= 0.3 is 5.97 Å². The van der Waals surface area contributed by atoms with Crippen LogP contribution in [0.5, 0.6) is 0 Å². The van der Waals surface area contributed by atoms with Gasteiger partial charge in [0.1, 0.15) is 5.82 Å². The fourth-order valence-corrected chi connectivity index (χ4v) is 2.76. The van der Waals surface area contributed by atoms with Crippen LogP contribution in [0, 0.1) is 11.7 Å². The Kier molecular flexibility index (Phi) is 3.15. The Morgan fingerprint density at radius 3 is 3.00 bits per heavy atom. The maximum atomic E-state index is 13.3. The minimum atomic E-state index is -0.818. The van der Waals surface area contributed by atoms with Gasteiger partial charge in [-0.1, -0.05) is 19.1 Å². The number of rotatable bonds is 3. The summed E-state index contributed by atoms with van der Waals surface area (Å²) in [5, 5.41) is 12.4. The van der Waals surface area contributed by atoms with Crippen molar-refractivity contribution in [3.8, 4) is 0 Å². The molecule has 1 fully saturated rings. The van der Waals surface area contributed by atoms with Gasteiger partial charge in [0.25, 0.3) is 0 Å². The van der Waals surface area contributed by atoms with Crippen molar-refractivity contribution in [1.29, 1.82) is 0 Å². The van der Waals surface area contributed by atoms with Gasteiger partial charge in [-0.3, -0.25) is 4.79 Å². The number of benzene rings is 1. The van der Waals surface area contributed by atoms with Gasteiger partial charge < -0.3 is 10.4 Å². The molecule has 2 rings (SSSR count). The Morgan fingerprint density at radius 1 is 1.65 bits per heavy atom. The van der Waals surface area contributed by atoms with Gasteiger partial charge in [0, 0.05) is 18.5 Å². The molecule has 17 heavy (non-hydrogen) atoms. The number of carboxylic acid groups (broad SMARTS) is 1. The molecule has 2 N–H and O–H groups in total. The monoisotopic (exact) mass is 237 g/mol. The van der Waals surface area contributed by atoms with Crippen molar-refractivity contribution in [3.05, 3.63) is 35.6 Å². The molecule has 1 aromatic carbocycles. The van der Waals surface area contributed by atoms with Crippen LogP contribution in [0.15, 0.2) is 24.3 Å². The van der Waals surface area contributed by atoms with Crippen LogP contribution >= 0.6 is 0 Å². The van der Waals surface area contributed by atoms with Gasteiger partial charge in [0.2, 0.25) is 0 Å². The molecule has 2 unspecified atom stereocenters. The van der Waals surface area contributed by atoms with E-state index in [-0.39, 0.29) is 5.82 Å². The Balaban J connectivity index is 2.46. The molecule has 92 valence electrons. The van der Waals surface area contributed by atoms with E-state index in [4.69, 9.17) is 0 Å². The summed E-state index contributed by atoms with van der Waals surface area (Å²) in [6.45, 7) is 2.98. The Labute approximate surface area is 99.7 Å². The third-order valence-corrected chi connectivity index (χ3v) is 3.78. The van der Waals surface area contributed by atoms with Gasteiger partial charge in [-0.25, -0.2) is 4.39 Å². The molecule has 0 aromatic heterocycles. The summed E-state index contributed by atoms with van der Waals surface area (Å²) in [7, 11) is 0. The summed E-state index contributed by atoms with van der Waals surface area (Å²) in [6, 6.07) is 6.28. The number of hydrogen-bond donors (Lipinski definition) is 2. The second-order valence-electron chi connectivity index (χ2n) is 4.54. The van der Waals surface area contributed by atoms with Crippen LogP contribution in [-0.4, -0.2) is 24.2 Å². The maximum absolute atomic E-state index is 13.3. The topological polar surface area (TPSA) is 49.3 Å². The second-order valence-corrected chi connectivity index (χ2v) is 4.54. The van der Waals surface area contributed by atoms with E-state index in [1.165, 1.54) is 12.1 Å². The lowest BCUT2D eigenvalue weighted by atomic mass is 9.70. The SMILES string of the molecule is CCC1(c2cccc(F)c2)CNCC1C(=O)O. The van der Waals surface area contributed by atoms with Gasteiger partial charge in [-0.05, 0) is 24.1 Å². The summed E-state index contributed by atoms with van der Waals surface area (Å²) < 4.78 is 13.3. The average molecular weight is 237 g/mol. The quantitative estimate of drug-likeness (QED) is 0.842. The predicted molar refractivity (Wildman–Crippen MR) is 62.4 cm³/mol. The van der Waals surface area contributed by atoms with Crippen LogP contribution < -0.4 is 5.32 Å². The van der Waals surface area contributed by atoms with E-state index in [0.717, 1.165) is 5.56 Å². The van der Waals surface area contributed by atoms with Crippen LogP contribution in [0.3, 0.4) is 0 Å². The van der Waals surface area contributed by atoms with Gasteiger partial charge in [0.15, 0.2) is 0 Å². The minimum absolute atomic E-state index is 0.314. The Hall–Kier alpha value is -1.42. The van der Waals surface area contributed by atoms with Crippen LogP contribution in [-0.2, 0) is 10.2 Å². The third kappa shape index (κ3) is 1.93.